The van der Waals surface area contributed by atoms with E-state index in [1.807, 2.05) is 40.7 Å². The summed E-state index contributed by atoms with van der Waals surface area (Å²) in [6, 6.07) is 13.1. The van der Waals surface area contributed by atoms with E-state index in [2.05, 4.69) is 43.0 Å². The fraction of sp³-hybridized carbons (Fsp3) is 0.269. The standard InChI is InChI=1S/C26H24F3N7O2/c1-3-35-21(11-13-31-35)7-6-20-15-18(10-12-30-20)16-36-17(2)14-23(33-36)25-32-24(34-38-25)19-4-8-22(9-5-19)37-26(27,28)29/h4-5,8-15H,3,6-7,16H2,1-2H3. The van der Waals surface area contributed by atoms with Gasteiger partial charge in [0.25, 0.3) is 5.89 Å². The first-order valence-corrected chi connectivity index (χ1v) is 12.0. The Kier molecular flexibility index (Phi) is 6.95. The molecule has 1 aromatic carbocycles. The molecule has 0 spiro atoms. The summed E-state index contributed by atoms with van der Waals surface area (Å²) in [4.78, 5) is 8.87. The predicted molar refractivity (Wildman–Crippen MR) is 131 cm³/mol. The Morgan fingerprint density at radius 2 is 1.79 bits per heavy atom. The highest BCUT2D eigenvalue weighted by Crippen LogP contribution is 2.27. The van der Waals surface area contributed by atoms with Gasteiger partial charge in [-0.15, -0.1) is 13.2 Å². The number of ether oxygens (including phenoxy) is 1. The molecule has 0 aliphatic carbocycles. The maximum atomic E-state index is 12.4. The van der Waals surface area contributed by atoms with Crippen LogP contribution in [-0.4, -0.2) is 41.0 Å². The van der Waals surface area contributed by atoms with Gasteiger partial charge in [0.15, 0.2) is 5.69 Å². The van der Waals surface area contributed by atoms with Gasteiger partial charge in [-0.3, -0.25) is 14.3 Å². The van der Waals surface area contributed by atoms with Crippen molar-refractivity contribution in [2.24, 2.45) is 0 Å². The zero-order valence-electron chi connectivity index (χ0n) is 20.7. The molecule has 12 heteroatoms. The minimum absolute atomic E-state index is 0.209. The van der Waals surface area contributed by atoms with Crippen molar-refractivity contribution in [1.82, 2.24) is 34.7 Å². The minimum atomic E-state index is -4.76. The minimum Gasteiger partial charge on any atom is -0.406 e. The highest BCUT2D eigenvalue weighted by Gasteiger charge is 2.31. The second kappa shape index (κ2) is 10.5. The molecule has 4 heterocycles. The van der Waals surface area contributed by atoms with Crippen molar-refractivity contribution in [1.29, 1.82) is 0 Å². The van der Waals surface area contributed by atoms with Crippen LogP contribution in [0.4, 0.5) is 13.2 Å². The van der Waals surface area contributed by atoms with E-state index in [0.29, 0.717) is 17.8 Å². The van der Waals surface area contributed by atoms with E-state index in [1.165, 1.54) is 30.0 Å². The van der Waals surface area contributed by atoms with Gasteiger partial charge in [-0.25, -0.2) is 0 Å². The van der Waals surface area contributed by atoms with Crippen molar-refractivity contribution in [3.63, 3.8) is 0 Å². The molecule has 0 bridgehead atoms. The van der Waals surface area contributed by atoms with Crippen LogP contribution in [0.15, 0.2) is 65.4 Å². The van der Waals surface area contributed by atoms with Gasteiger partial charge in [0.1, 0.15) is 5.75 Å². The molecule has 0 atom stereocenters. The molecule has 0 fully saturated rings. The molecular weight excluding hydrogens is 499 g/mol. The number of halogens is 3. The summed E-state index contributed by atoms with van der Waals surface area (Å²) in [6.07, 6.45) is 0.519. The second-order valence-electron chi connectivity index (χ2n) is 8.62. The third-order valence-electron chi connectivity index (χ3n) is 5.93. The zero-order chi connectivity index (χ0) is 26.7. The van der Waals surface area contributed by atoms with Crippen molar-refractivity contribution in [3.8, 4) is 28.7 Å². The summed E-state index contributed by atoms with van der Waals surface area (Å²) in [5.41, 5.74) is 5.11. The van der Waals surface area contributed by atoms with Crippen LogP contribution in [-0.2, 0) is 25.9 Å². The highest BCUT2D eigenvalue weighted by molar-refractivity contribution is 5.58. The van der Waals surface area contributed by atoms with Gasteiger partial charge in [0.2, 0.25) is 5.82 Å². The highest BCUT2D eigenvalue weighted by atomic mass is 19.4. The number of benzene rings is 1. The molecule has 0 N–H and O–H groups in total. The average molecular weight is 524 g/mol. The average Bonchev–Trinajstić information content (AvgIpc) is 3.63. The molecule has 9 nitrogen and oxygen atoms in total. The van der Waals surface area contributed by atoms with Gasteiger partial charge >= 0.3 is 6.36 Å². The molecule has 0 unspecified atom stereocenters. The molecule has 0 radical (unpaired) electrons. The van der Waals surface area contributed by atoms with E-state index in [4.69, 9.17) is 4.52 Å². The van der Waals surface area contributed by atoms with E-state index in [1.54, 1.807) is 6.20 Å². The number of hydrogen-bond donors (Lipinski definition) is 0. The third-order valence-corrected chi connectivity index (χ3v) is 5.93. The lowest BCUT2D eigenvalue weighted by Gasteiger charge is -2.08. The van der Waals surface area contributed by atoms with Gasteiger partial charge in [0.05, 0.1) is 6.54 Å². The van der Waals surface area contributed by atoms with Crippen molar-refractivity contribution in [3.05, 3.63) is 83.6 Å². The molecule has 38 heavy (non-hydrogen) atoms. The van der Waals surface area contributed by atoms with Crippen LogP contribution in [0.1, 0.15) is 29.6 Å². The van der Waals surface area contributed by atoms with Crippen LogP contribution >= 0.6 is 0 Å². The van der Waals surface area contributed by atoms with Gasteiger partial charge in [-0.05, 0) is 80.8 Å². The maximum Gasteiger partial charge on any atom is 0.573 e. The Balaban J connectivity index is 1.26. The van der Waals surface area contributed by atoms with E-state index in [9.17, 15) is 13.2 Å². The Morgan fingerprint density at radius 3 is 2.55 bits per heavy atom. The summed E-state index contributed by atoms with van der Waals surface area (Å²) >= 11 is 0. The summed E-state index contributed by atoms with van der Waals surface area (Å²) in [5, 5.41) is 12.9. The summed E-state index contributed by atoms with van der Waals surface area (Å²) in [7, 11) is 0. The zero-order valence-corrected chi connectivity index (χ0v) is 20.7. The number of hydrogen-bond acceptors (Lipinski definition) is 7. The smallest absolute Gasteiger partial charge is 0.406 e. The van der Waals surface area contributed by atoms with Crippen LogP contribution in [0.3, 0.4) is 0 Å². The number of nitrogens with zero attached hydrogens (tertiary/aromatic N) is 7. The summed E-state index contributed by atoms with van der Waals surface area (Å²) < 4.78 is 50.2. The maximum absolute atomic E-state index is 12.4. The summed E-state index contributed by atoms with van der Waals surface area (Å²) in [5.74, 6) is 0.112. The Labute approximate surface area is 215 Å². The first kappa shape index (κ1) is 25.2. The Morgan fingerprint density at radius 1 is 0.974 bits per heavy atom. The van der Waals surface area contributed by atoms with E-state index in [-0.39, 0.29) is 17.5 Å². The van der Waals surface area contributed by atoms with E-state index < -0.39 is 6.36 Å². The topological polar surface area (TPSA) is 96.7 Å². The van der Waals surface area contributed by atoms with Gasteiger partial charge in [-0.2, -0.15) is 15.2 Å². The van der Waals surface area contributed by atoms with Gasteiger partial charge < -0.3 is 9.26 Å². The van der Waals surface area contributed by atoms with Crippen LogP contribution < -0.4 is 4.74 Å². The number of aromatic nitrogens is 7. The van der Waals surface area contributed by atoms with E-state index >= 15 is 0 Å². The molecule has 0 saturated carbocycles. The molecule has 0 saturated heterocycles. The van der Waals surface area contributed by atoms with Gasteiger partial charge in [0, 0.05) is 41.6 Å². The number of rotatable bonds is 9. The lowest BCUT2D eigenvalue weighted by atomic mass is 10.1. The van der Waals surface area contributed by atoms with Crippen molar-refractivity contribution < 1.29 is 22.4 Å². The number of alkyl halides is 3. The third kappa shape index (κ3) is 5.90. The van der Waals surface area contributed by atoms with Crippen LogP contribution in [0, 0.1) is 6.92 Å². The number of aryl methyl sites for hydroxylation is 4. The lowest BCUT2D eigenvalue weighted by Crippen LogP contribution is -2.16. The molecule has 0 aliphatic heterocycles. The SMILES string of the molecule is CCn1nccc1CCc1cc(Cn2nc(-c3nc(-c4ccc(OC(F)(F)F)cc4)no3)cc2C)ccn1. The second-order valence-corrected chi connectivity index (χ2v) is 8.62. The van der Waals surface area contributed by atoms with Crippen LogP contribution in [0.5, 0.6) is 5.75 Å². The monoisotopic (exact) mass is 523 g/mol. The normalized spacial score (nSPS) is 11.7. The number of pyridine rings is 1. The van der Waals surface area contributed by atoms with Gasteiger partial charge in [-0.1, -0.05) is 5.16 Å². The first-order valence-electron chi connectivity index (χ1n) is 12.0. The largest absolute Gasteiger partial charge is 0.573 e. The van der Waals surface area contributed by atoms with Crippen molar-refractivity contribution in [2.75, 3.05) is 0 Å². The lowest BCUT2D eigenvalue weighted by molar-refractivity contribution is -0.274. The van der Waals surface area contributed by atoms with Crippen LogP contribution in [0.25, 0.3) is 23.0 Å². The van der Waals surface area contributed by atoms with Crippen LogP contribution in [0.2, 0.25) is 0 Å². The molecule has 0 aliphatic rings. The molecule has 5 aromatic rings. The molecule has 0 amide bonds. The van der Waals surface area contributed by atoms with E-state index in [0.717, 1.165) is 36.3 Å². The fourth-order valence-corrected chi connectivity index (χ4v) is 4.07. The molecular formula is C26H24F3N7O2. The molecule has 4 aromatic heterocycles. The first-order chi connectivity index (χ1) is 18.3. The molecule has 5 rings (SSSR count). The summed E-state index contributed by atoms with van der Waals surface area (Å²) in [6.45, 7) is 5.37. The van der Waals surface area contributed by atoms with Crippen molar-refractivity contribution >= 4 is 0 Å². The van der Waals surface area contributed by atoms with Crippen molar-refractivity contribution in [2.45, 2.75) is 46.1 Å². The Hall–Kier alpha value is -4.48. The molecule has 196 valence electrons. The predicted octanol–water partition coefficient (Wildman–Crippen LogP) is 5.25. The fourth-order valence-electron chi connectivity index (χ4n) is 4.07. The Bertz CT molecular complexity index is 1520. The quantitative estimate of drug-likeness (QED) is 0.260.